The van der Waals surface area contributed by atoms with Gasteiger partial charge in [0.2, 0.25) is 0 Å². The molecule has 21 heavy (non-hydrogen) atoms. The monoisotopic (exact) mass is 293 g/mol. The summed E-state index contributed by atoms with van der Waals surface area (Å²) in [7, 11) is 1.60. The molecule has 0 aliphatic rings. The highest BCUT2D eigenvalue weighted by Gasteiger charge is 2.09. The molecule has 0 unspecified atom stereocenters. The van der Waals surface area contributed by atoms with Crippen LogP contribution in [0.3, 0.4) is 0 Å². The van der Waals surface area contributed by atoms with Gasteiger partial charge in [-0.2, -0.15) is 0 Å². The van der Waals surface area contributed by atoms with Gasteiger partial charge in [0.25, 0.3) is 0 Å². The Morgan fingerprint density at radius 1 is 1.38 bits per heavy atom. The summed E-state index contributed by atoms with van der Waals surface area (Å²) in [6, 6.07) is 5.56. The summed E-state index contributed by atoms with van der Waals surface area (Å²) in [5, 5.41) is 17.9. The van der Waals surface area contributed by atoms with Crippen LogP contribution in [0.4, 0.5) is 0 Å². The Kier molecular flexibility index (Phi) is 7.50. The standard InChI is InChI=1S/C16H23NO4/c1-3-8-17(9-10-18)12-14-11-15(21-2)6-4-13(14)5-7-16(19)20/h4-7,11,18H,3,8-10,12H2,1-2H3,(H,19,20). The van der Waals surface area contributed by atoms with Gasteiger partial charge in [-0.15, -0.1) is 0 Å². The maximum Gasteiger partial charge on any atom is 0.328 e. The third kappa shape index (κ3) is 5.97. The third-order valence-electron chi connectivity index (χ3n) is 3.11. The largest absolute Gasteiger partial charge is 0.497 e. The average molecular weight is 293 g/mol. The summed E-state index contributed by atoms with van der Waals surface area (Å²) in [4.78, 5) is 12.8. The molecule has 0 fully saturated rings. The van der Waals surface area contributed by atoms with Gasteiger partial charge in [-0.1, -0.05) is 13.0 Å². The molecule has 2 N–H and O–H groups in total. The Bertz CT molecular complexity index is 479. The van der Waals surface area contributed by atoms with Gasteiger partial charge in [0, 0.05) is 19.2 Å². The molecule has 0 bridgehead atoms. The summed E-state index contributed by atoms with van der Waals surface area (Å²) in [5.74, 6) is -0.240. The highest BCUT2D eigenvalue weighted by Crippen LogP contribution is 2.21. The van der Waals surface area contributed by atoms with Gasteiger partial charge in [0.15, 0.2) is 0 Å². The maximum absolute atomic E-state index is 10.7. The van der Waals surface area contributed by atoms with Crippen LogP contribution in [0.25, 0.3) is 6.08 Å². The molecule has 1 aromatic rings. The SMILES string of the molecule is CCCN(CCO)Cc1cc(OC)ccc1C=CC(=O)O. The highest BCUT2D eigenvalue weighted by atomic mass is 16.5. The molecule has 5 heteroatoms. The Hall–Kier alpha value is -1.85. The molecule has 1 aromatic carbocycles. The first-order valence-corrected chi connectivity index (χ1v) is 7.01. The number of aliphatic carboxylic acids is 1. The van der Waals surface area contributed by atoms with E-state index in [0.717, 1.165) is 35.9 Å². The molecule has 0 spiro atoms. The van der Waals surface area contributed by atoms with E-state index in [0.29, 0.717) is 13.1 Å². The van der Waals surface area contributed by atoms with Gasteiger partial charge < -0.3 is 14.9 Å². The Morgan fingerprint density at radius 3 is 2.71 bits per heavy atom. The van der Waals surface area contributed by atoms with Crippen LogP contribution in [-0.2, 0) is 11.3 Å². The zero-order chi connectivity index (χ0) is 15.7. The lowest BCUT2D eigenvalue weighted by Crippen LogP contribution is -2.27. The van der Waals surface area contributed by atoms with Crippen LogP contribution in [0, 0.1) is 0 Å². The van der Waals surface area contributed by atoms with Crippen molar-refractivity contribution in [1.29, 1.82) is 0 Å². The van der Waals surface area contributed by atoms with Crippen molar-refractivity contribution in [2.75, 3.05) is 26.8 Å². The number of rotatable bonds is 9. The number of hydrogen-bond acceptors (Lipinski definition) is 4. The second-order valence-corrected chi connectivity index (χ2v) is 4.74. The maximum atomic E-state index is 10.7. The van der Waals surface area contributed by atoms with Gasteiger partial charge in [0.1, 0.15) is 5.75 Å². The van der Waals surface area contributed by atoms with Crippen molar-refractivity contribution in [3.63, 3.8) is 0 Å². The lowest BCUT2D eigenvalue weighted by Gasteiger charge is -2.22. The topological polar surface area (TPSA) is 70.0 Å². The molecule has 5 nitrogen and oxygen atoms in total. The number of carboxylic acid groups (broad SMARTS) is 1. The van der Waals surface area contributed by atoms with Crippen LogP contribution >= 0.6 is 0 Å². The van der Waals surface area contributed by atoms with Crippen LogP contribution in [0.15, 0.2) is 24.3 Å². The van der Waals surface area contributed by atoms with Crippen molar-refractivity contribution in [3.8, 4) is 5.75 Å². The minimum absolute atomic E-state index is 0.101. The zero-order valence-corrected chi connectivity index (χ0v) is 12.6. The molecule has 0 amide bonds. The molecule has 0 aromatic heterocycles. The number of ether oxygens (including phenoxy) is 1. The molecule has 0 saturated heterocycles. The van der Waals surface area contributed by atoms with Crippen LogP contribution in [-0.4, -0.2) is 47.9 Å². The van der Waals surface area contributed by atoms with Crippen LogP contribution in [0.5, 0.6) is 5.75 Å². The van der Waals surface area contributed by atoms with E-state index in [4.69, 9.17) is 14.9 Å². The number of methoxy groups -OCH3 is 1. The fourth-order valence-corrected chi connectivity index (χ4v) is 2.14. The smallest absolute Gasteiger partial charge is 0.328 e. The van der Waals surface area contributed by atoms with Crippen molar-refractivity contribution in [2.45, 2.75) is 19.9 Å². The van der Waals surface area contributed by atoms with Gasteiger partial charge in [-0.05, 0) is 42.3 Å². The number of carbonyl (C=O) groups is 1. The van der Waals surface area contributed by atoms with E-state index in [1.165, 1.54) is 0 Å². The second-order valence-electron chi connectivity index (χ2n) is 4.74. The van der Waals surface area contributed by atoms with E-state index in [-0.39, 0.29) is 6.61 Å². The van der Waals surface area contributed by atoms with E-state index < -0.39 is 5.97 Å². The Morgan fingerprint density at radius 2 is 2.14 bits per heavy atom. The molecule has 0 radical (unpaired) electrons. The van der Waals surface area contributed by atoms with E-state index >= 15 is 0 Å². The summed E-state index contributed by atoms with van der Waals surface area (Å²) in [6.45, 7) is 4.29. The molecule has 0 saturated carbocycles. The van der Waals surface area contributed by atoms with Crippen molar-refractivity contribution < 1.29 is 19.7 Å². The molecular formula is C16H23NO4. The van der Waals surface area contributed by atoms with Crippen molar-refractivity contribution in [3.05, 3.63) is 35.4 Å². The summed E-state index contributed by atoms with van der Waals surface area (Å²) in [6.07, 6.45) is 3.70. The molecule has 0 aliphatic heterocycles. The minimum Gasteiger partial charge on any atom is -0.497 e. The molecule has 1 rings (SSSR count). The number of aliphatic hydroxyl groups excluding tert-OH is 1. The quantitative estimate of drug-likeness (QED) is 0.681. The molecule has 0 heterocycles. The van der Waals surface area contributed by atoms with Gasteiger partial charge >= 0.3 is 5.97 Å². The Labute approximate surface area is 125 Å². The zero-order valence-electron chi connectivity index (χ0n) is 12.6. The van der Waals surface area contributed by atoms with E-state index in [1.807, 2.05) is 12.1 Å². The predicted molar refractivity (Wildman–Crippen MR) is 82.3 cm³/mol. The number of benzene rings is 1. The van der Waals surface area contributed by atoms with Gasteiger partial charge in [-0.3, -0.25) is 4.90 Å². The first-order valence-electron chi connectivity index (χ1n) is 7.01. The summed E-state index contributed by atoms with van der Waals surface area (Å²) < 4.78 is 5.23. The first kappa shape index (κ1) is 17.2. The number of nitrogens with zero attached hydrogens (tertiary/aromatic N) is 1. The van der Waals surface area contributed by atoms with Crippen molar-refractivity contribution in [2.24, 2.45) is 0 Å². The number of carboxylic acids is 1. The lowest BCUT2D eigenvalue weighted by atomic mass is 10.1. The highest BCUT2D eigenvalue weighted by molar-refractivity contribution is 5.85. The molecule has 116 valence electrons. The third-order valence-corrected chi connectivity index (χ3v) is 3.11. The average Bonchev–Trinajstić information content (AvgIpc) is 2.46. The van der Waals surface area contributed by atoms with Crippen molar-refractivity contribution in [1.82, 2.24) is 4.90 Å². The number of hydrogen-bond donors (Lipinski definition) is 2. The fraction of sp³-hybridized carbons (Fsp3) is 0.438. The molecule has 0 aliphatic carbocycles. The molecule has 0 atom stereocenters. The van der Waals surface area contributed by atoms with Crippen LogP contribution < -0.4 is 4.74 Å². The van der Waals surface area contributed by atoms with E-state index in [2.05, 4.69) is 11.8 Å². The predicted octanol–water partition coefficient (Wildman–Crippen LogP) is 2.00. The number of aliphatic hydroxyl groups is 1. The van der Waals surface area contributed by atoms with Gasteiger partial charge in [0.05, 0.1) is 13.7 Å². The summed E-state index contributed by atoms with van der Waals surface area (Å²) in [5.41, 5.74) is 1.82. The lowest BCUT2D eigenvalue weighted by molar-refractivity contribution is -0.131. The van der Waals surface area contributed by atoms with E-state index in [9.17, 15) is 4.79 Å². The normalized spacial score (nSPS) is 11.2. The minimum atomic E-state index is -0.974. The molecular weight excluding hydrogens is 270 g/mol. The van der Waals surface area contributed by atoms with Crippen LogP contribution in [0.1, 0.15) is 24.5 Å². The van der Waals surface area contributed by atoms with E-state index in [1.54, 1.807) is 19.3 Å². The fourth-order valence-electron chi connectivity index (χ4n) is 2.14. The second kappa shape index (κ2) is 9.15. The Balaban J connectivity index is 3.01. The van der Waals surface area contributed by atoms with Gasteiger partial charge in [-0.25, -0.2) is 4.79 Å². The first-order chi connectivity index (χ1) is 10.1. The van der Waals surface area contributed by atoms with Crippen LogP contribution in [0.2, 0.25) is 0 Å². The van der Waals surface area contributed by atoms with Crippen molar-refractivity contribution >= 4 is 12.0 Å². The summed E-state index contributed by atoms with van der Waals surface area (Å²) >= 11 is 0.